The van der Waals surface area contributed by atoms with Crippen LogP contribution in [0.4, 0.5) is 0 Å². The van der Waals surface area contributed by atoms with Crippen molar-refractivity contribution < 1.29 is 58.8 Å². The van der Waals surface area contributed by atoms with Gasteiger partial charge in [0, 0.05) is 17.1 Å². The first kappa shape index (κ1) is 28.6. The molecule has 2 aliphatic rings. The summed E-state index contributed by atoms with van der Waals surface area (Å²) in [7, 11) is 1.17. The fraction of sp³-hybridized carbons (Fsp3) is 0.520. The summed E-state index contributed by atoms with van der Waals surface area (Å²) in [6.45, 7) is 2.67. The first-order chi connectivity index (χ1) is 17.6. The Morgan fingerprint density at radius 3 is 2.35 bits per heavy atom. The van der Waals surface area contributed by atoms with Crippen LogP contribution in [0.15, 0.2) is 47.7 Å². The van der Waals surface area contributed by atoms with Crippen molar-refractivity contribution in [1.29, 1.82) is 0 Å². The Morgan fingerprint density at radius 2 is 1.78 bits per heavy atom. The molecule has 2 heterocycles. The van der Waals surface area contributed by atoms with Crippen LogP contribution in [-0.2, 0) is 39.1 Å². The van der Waals surface area contributed by atoms with E-state index in [2.05, 4.69) is 0 Å². The van der Waals surface area contributed by atoms with E-state index in [1.807, 2.05) is 0 Å². The molecule has 0 aromatic heterocycles. The van der Waals surface area contributed by atoms with Gasteiger partial charge in [0.05, 0.1) is 38.6 Å². The maximum Gasteiger partial charge on any atom is 0.337 e. The first-order valence-corrected chi connectivity index (χ1v) is 11.7. The molecule has 1 aromatic carbocycles. The number of ether oxygens (including phenoxy) is 5. The van der Waals surface area contributed by atoms with E-state index in [0.717, 1.165) is 6.26 Å². The summed E-state index contributed by atoms with van der Waals surface area (Å²) in [6.07, 6.45) is -5.72. The number of esters is 2. The molecule has 0 amide bonds. The van der Waals surface area contributed by atoms with Crippen molar-refractivity contribution in [3.63, 3.8) is 0 Å². The Hall–Kier alpha value is -3.00. The predicted molar refractivity (Wildman–Crippen MR) is 124 cm³/mol. The highest BCUT2D eigenvalue weighted by molar-refractivity contribution is 5.91. The topological polar surface area (TPSA) is 181 Å². The molecular formula is C25H32O12. The van der Waals surface area contributed by atoms with Gasteiger partial charge in [-0.2, -0.15) is 0 Å². The molecule has 1 fully saturated rings. The van der Waals surface area contributed by atoms with Gasteiger partial charge in [0.2, 0.25) is 0 Å². The lowest BCUT2D eigenvalue weighted by Crippen LogP contribution is -2.61. The van der Waals surface area contributed by atoms with E-state index in [1.54, 1.807) is 19.9 Å². The third kappa shape index (κ3) is 5.64. The highest BCUT2D eigenvalue weighted by Crippen LogP contribution is 2.48. The molecule has 0 bridgehead atoms. The number of benzene rings is 1. The number of carbonyl (C=O) groups excluding carboxylic acids is 2. The number of phenols is 1. The molecule has 3 rings (SSSR count). The van der Waals surface area contributed by atoms with E-state index < -0.39 is 61.0 Å². The standard InChI is InChI=1S/C25H32O12/c1-4-17-15(10-19(28)34-5-2)16(23(32)33-3)12-35-25(17,13-6-8-14(27)9-7-13)37-24-22(31)21(30)20(29)18(11-26)36-24/h4,6-9,12,15,18,20-22,24,26-27,29-31H,5,10-11H2,1-3H3. The van der Waals surface area contributed by atoms with Gasteiger partial charge >= 0.3 is 11.9 Å². The van der Waals surface area contributed by atoms with E-state index in [-0.39, 0.29) is 35.5 Å². The Bertz CT molecular complexity index is 1020. The molecule has 0 aliphatic carbocycles. The second-order valence-electron chi connectivity index (χ2n) is 8.47. The lowest BCUT2D eigenvalue weighted by atomic mass is 9.79. The molecule has 12 nitrogen and oxygen atoms in total. The molecular weight excluding hydrogens is 492 g/mol. The average Bonchev–Trinajstić information content (AvgIpc) is 2.89. The van der Waals surface area contributed by atoms with Crippen LogP contribution in [0.25, 0.3) is 0 Å². The van der Waals surface area contributed by atoms with E-state index in [0.29, 0.717) is 0 Å². The fourth-order valence-corrected chi connectivity index (χ4v) is 4.41. The Kier molecular flexibility index (Phi) is 9.29. The van der Waals surface area contributed by atoms with Crippen molar-refractivity contribution in [3.8, 4) is 5.75 Å². The number of aliphatic hydroxyl groups excluding tert-OH is 4. The maximum atomic E-state index is 12.6. The van der Waals surface area contributed by atoms with Crippen molar-refractivity contribution in [3.05, 3.63) is 53.3 Å². The zero-order valence-electron chi connectivity index (χ0n) is 20.6. The first-order valence-electron chi connectivity index (χ1n) is 11.7. The summed E-state index contributed by atoms with van der Waals surface area (Å²) in [6, 6.07) is 5.62. The Balaban J connectivity index is 2.16. The normalized spacial score (nSPS) is 32.8. The van der Waals surface area contributed by atoms with Crippen molar-refractivity contribution >= 4 is 11.9 Å². The minimum Gasteiger partial charge on any atom is -0.508 e. The van der Waals surface area contributed by atoms with Crippen molar-refractivity contribution in [1.82, 2.24) is 0 Å². The summed E-state index contributed by atoms with van der Waals surface area (Å²) in [4.78, 5) is 25.1. The lowest BCUT2D eigenvalue weighted by Gasteiger charge is -2.47. The van der Waals surface area contributed by atoms with Gasteiger partial charge in [0.15, 0.2) is 6.29 Å². The molecule has 0 spiro atoms. The summed E-state index contributed by atoms with van der Waals surface area (Å²) in [5.74, 6) is -4.37. The SMILES string of the molecule is CC=C1C(CC(=O)OCC)C(C(=O)OC)=COC1(OC1OC(CO)C(O)C(O)C1O)c1ccc(O)cc1. The Labute approximate surface area is 213 Å². The van der Waals surface area contributed by atoms with Gasteiger partial charge in [-0.3, -0.25) is 4.79 Å². The molecule has 0 radical (unpaired) electrons. The van der Waals surface area contributed by atoms with Gasteiger partial charge in [-0.25, -0.2) is 4.79 Å². The highest BCUT2D eigenvalue weighted by atomic mass is 16.8. The second kappa shape index (κ2) is 12.0. The molecule has 1 saturated heterocycles. The van der Waals surface area contributed by atoms with Crippen molar-refractivity contribution in [2.45, 2.75) is 56.8 Å². The number of aliphatic hydroxyl groups is 4. The molecule has 7 unspecified atom stereocenters. The van der Waals surface area contributed by atoms with E-state index >= 15 is 0 Å². The maximum absolute atomic E-state index is 12.6. The number of carbonyl (C=O) groups is 2. The second-order valence-corrected chi connectivity index (χ2v) is 8.47. The summed E-state index contributed by atoms with van der Waals surface area (Å²) < 4.78 is 27.7. The van der Waals surface area contributed by atoms with Crippen LogP contribution in [0.2, 0.25) is 0 Å². The van der Waals surface area contributed by atoms with Crippen molar-refractivity contribution in [2.75, 3.05) is 20.3 Å². The third-order valence-corrected chi connectivity index (χ3v) is 6.27. The Morgan fingerprint density at radius 1 is 1.11 bits per heavy atom. The third-order valence-electron chi connectivity index (χ3n) is 6.27. The number of rotatable bonds is 8. The molecule has 12 heteroatoms. The van der Waals surface area contributed by atoms with Crippen LogP contribution in [0.5, 0.6) is 5.75 Å². The van der Waals surface area contributed by atoms with Crippen LogP contribution in [0.1, 0.15) is 25.8 Å². The van der Waals surface area contributed by atoms with Gasteiger partial charge in [0.1, 0.15) is 30.2 Å². The number of methoxy groups -OCH3 is 1. The number of hydrogen-bond acceptors (Lipinski definition) is 12. The van der Waals surface area contributed by atoms with Gasteiger partial charge < -0.3 is 49.2 Å². The zero-order chi connectivity index (χ0) is 27.3. The molecule has 7 atom stereocenters. The summed E-state index contributed by atoms with van der Waals surface area (Å²) >= 11 is 0. The number of aromatic hydroxyl groups is 1. The van der Waals surface area contributed by atoms with Crippen LogP contribution in [0.3, 0.4) is 0 Å². The average molecular weight is 525 g/mol. The monoisotopic (exact) mass is 524 g/mol. The van der Waals surface area contributed by atoms with Gasteiger partial charge in [0.25, 0.3) is 5.79 Å². The molecule has 5 N–H and O–H groups in total. The summed E-state index contributed by atoms with van der Waals surface area (Å²) in [5.41, 5.74) is 0.492. The quantitative estimate of drug-likeness (QED) is 0.226. The van der Waals surface area contributed by atoms with Gasteiger partial charge in [-0.05, 0) is 38.1 Å². The lowest BCUT2D eigenvalue weighted by molar-refractivity contribution is -0.360. The van der Waals surface area contributed by atoms with Gasteiger partial charge in [-0.15, -0.1) is 0 Å². The largest absolute Gasteiger partial charge is 0.508 e. The van der Waals surface area contributed by atoms with Gasteiger partial charge in [-0.1, -0.05) is 6.08 Å². The van der Waals surface area contributed by atoms with Crippen LogP contribution in [-0.4, -0.2) is 88.5 Å². The minimum atomic E-state index is -1.95. The zero-order valence-corrected chi connectivity index (χ0v) is 20.6. The molecule has 204 valence electrons. The molecule has 2 aliphatic heterocycles. The van der Waals surface area contributed by atoms with E-state index in [9.17, 15) is 35.1 Å². The number of hydrogen-bond donors (Lipinski definition) is 5. The molecule has 0 saturated carbocycles. The molecule has 1 aromatic rings. The van der Waals surface area contributed by atoms with Crippen LogP contribution >= 0.6 is 0 Å². The molecule has 37 heavy (non-hydrogen) atoms. The van der Waals surface area contributed by atoms with E-state index in [4.69, 9.17) is 23.7 Å². The minimum absolute atomic E-state index is 0.00420. The highest BCUT2D eigenvalue weighted by Gasteiger charge is 2.54. The van der Waals surface area contributed by atoms with Crippen LogP contribution < -0.4 is 0 Å². The fourth-order valence-electron chi connectivity index (χ4n) is 4.41. The number of phenolic OH excluding ortho intramolecular Hbond substituents is 1. The van der Waals surface area contributed by atoms with Crippen LogP contribution in [0, 0.1) is 5.92 Å². The predicted octanol–water partition coefficient (Wildman–Crippen LogP) is -0.0357. The smallest absolute Gasteiger partial charge is 0.337 e. The van der Waals surface area contributed by atoms with E-state index in [1.165, 1.54) is 31.4 Å². The van der Waals surface area contributed by atoms with Crippen molar-refractivity contribution in [2.24, 2.45) is 5.92 Å². The summed E-state index contributed by atoms with van der Waals surface area (Å²) in [5, 5.41) is 50.6. The number of allylic oxidation sites excluding steroid dienone is 1.